The molecule has 2 saturated heterocycles. The molecule has 23 heavy (non-hydrogen) atoms. The minimum atomic E-state index is -0.450. The number of nitrogens with zero attached hydrogens (tertiary/aromatic N) is 1. The summed E-state index contributed by atoms with van der Waals surface area (Å²) in [5.41, 5.74) is 0.747. The zero-order chi connectivity index (χ0) is 16.1. The summed E-state index contributed by atoms with van der Waals surface area (Å²) in [5, 5.41) is 5.97. The third kappa shape index (κ3) is 4.30. The summed E-state index contributed by atoms with van der Waals surface area (Å²) in [5.74, 6) is -0.157. The van der Waals surface area contributed by atoms with Gasteiger partial charge in [-0.15, -0.1) is 0 Å². The fourth-order valence-electron chi connectivity index (χ4n) is 3.09. The Hall–Kier alpha value is -1.92. The molecule has 2 N–H and O–H groups in total. The van der Waals surface area contributed by atoms with Crippen molar-refractivity contribution < 1.29 is 14.3 Å². The van der Waals surface area contributed by atoms with Crippen LogP contribution in [0.25, 0.3) is 0 Å². The van der Waals surface area contributed by atoms with E-state index in [4.69, 9.17) is 4.74 Å². The van der Waals surface area contributed by atoms with E-state index in [1.165, 1.54) is 0 Å². The van der Waals surface area contributed by atoms with E-state index >= 15 is 0 Å². The van der Waals surface area contributed by atoms with Crippen LogP contribution in [0.4, 0.5) is 5.69 Å². The molecule has 3 rings (SSSR count). The number of anilines is 1. The van der Waals surface area contributed by atoms with Crippen molar-refractivity contribution in [1.82, 2.24) is 10.2 Å². The van der Waals surface area contributed by atoms with Gasteiger partial charge in [0, 0.05) is 31.9 Å². The summed E-state index contributed by atoms with van der Waals surface area (Å²) in [4.78, 5) is 26.5. The molecule has 2 fully saturated rings. The first kappa shape index (κ1) is 16.0. The number of para-hydroxylation sites is 1. The van der Waals surface area contributed by atoms with Crippen LogP contribution in [-0.4, -0.2) is 55.1 Å². The molecule has 0 radical (unpaired) electrons. The maximum absolute atomic E-state index is 12.5. The van der Waals surface area contributed by atoms with E-state index in [9.17, 15) is 9.59 Å². The monoisotopic (exact) mass is 317 g/mol. The maximum atomic E-state index is 12.5. The van der Waals surface area contributed by atoms with Gasteiger partial charge in [-0.25, -0.2) is 0 Å². The average Bonchev–Trinajstić information content (AvgIpc) is 3.05. The Morgan fingerprint density at radius 2 is 2.17 bits per heavy atom. The van der Waals surface area contributed by atoms with E-state index in [0.717, 1.165) is 25.1 Å². The molecule has 2 heterocycles. The van der Waals surface area contributed by atoms with Gasteiger partial charge in [-0.3, -0.25) is 9.59 Å². The topological polar surface area (TPSA) is 70.7 Å². The highest BCUT2D eigenvalue weighted by Gasteiger charge is 2.32. The van der Waals surface area contributed by atoms with Crippen LogP contribution in [-0.2, 0) is 14.3 Å². The normalized spacial score (nSPS) is 24.7. The van der Waals surface area contributed by atoms with Crippen molar-refractivity contribution in [2.45, 2.75) is 31.4 Å². The predicted octanol–water partition coefficient (Wildman–Crippen LogP) is 0.995. The van der Waals surface area contributed by atoms with Crippen molar-refractivity contribution in [3.8, 4) is 0 Å². The molecular weight excluding hydrogens is 294 g/mol. The van der Waals surface area contributed by atoms with Crippen LogP contribution in [0.1, 0.15) is 19.3 Å². The lowest BCUT2D eigenvalue weighted by atomic mass is 10.1. The van der Waals surface area contributed by atoms with E-state index in [1.54, 1.807) is 0 Å². The molecule has 0 aliphatic carbocycles. The van der Waals surface area contributed by atoms with Crippen molar-refractivity contribution >= 4 is 17.5 Å². The van der Waals surface area contributed by atoms with Crippen LogP contribution in [0.3, 0.4) is 0 Å². The van der Waals surface area contributed by atoms with Crippen LogP contribution in [0, 0.1) is 0 Å². The van der Waals surface area contributed by atoms with Gasteiger partial charge in [0.05, 0.1) is 18.6 Å². The molecule has 6 nitrogen and oxygen atoms in total. The third-order valence-corrected chi connectivity index (χ3v) is 4.28. The second-order valence-electron chi connectivity index (χ2n) is 6.04. The van der Waals surface area contributed by atoms with E-state index < -0.39 is 6.04 Å². The van der Waals surface area contributed by atoms with Crippen molar-refractivity contribution in [3.63, 3.8) is 0 Å². The summed E-state index contributed by atoms with van der Waals surface area (Å²) < 4.78 is 5.61. The Morgan fingerprint density at radius 3 is 2.91 bits per heavy atom. The first-order chi connectivity index (χ1) is 11.2. The molecule has 1 aromatic carbocycles. The number of hydrogen-bond donors (Lipinski definition) is 2. The Bertz CT molecular complexity index is 543. The van der Waals surface area contributed by atoms with Gasteiger partial charge in [0.25, 0.3) is 0 Å². The van der Waals surface area contributed by atoms with Crippen LogP contribution in [0.15, 0.2) is 30.3 Å². The van der Waals surface area contributed by atoms with E-state index in [0.29, 0.717) is 19.6 Å². The lowest BCUT2D eigenvalue weighted by molar-refractivity contribution is -0.139. The van der Waals surface area contributed by atoms with E-state index in [1.807, 2.05) is 35.2 Å². The zero-order valence-corrected chi connectivity index (χ0v) is 13.2. The smallest absolute Gasteiger partial charge is 0.240 e. The molecule has 0 aromatic heterocycles. The highest BCUT2D eigenvalue weighted by atomic mass is 16.5. The minimum absolute atomic E-state index is 0.00467. The Balaban J connectivity index is 1.52. The standard InChI is InChI=1S/C17H23N3O3/c21-16(19-13-5-2-1-3-6-13)11-15-17(22)20(9-8-18-15)12-14-7-4-10-23-14/h1-3,5-6,14-15,18H,4,7-12H2,(H,19,21). The van der Waals surface area contributed by atoms with Gasteiger partial charge in [0.2, 0.25) is 11.8 Å². The maximum Gasteiger partial charge on any atom is 0.240 e. The van der Waals surface area contributed by atoms with Gasteiger partial charge in [0.1, 0.15) is 0 Å². The summed E-state index contributed by atoms with van der Waals surface area (Å²) in [6.45, 7) is 2.81. The van der Waals surface area contributed by atoms with Crippen molar-refractivity contribution in [2.24, 2.45) is 0 Å². The van der Waals surface area contributed by atoms with E-state index in [-0.39, 0.29) is 24.3 Å². The van der Waals surface area contributed by atoms with Crippen LogP contribution >= 0.6 is 0 Å². The molecule has 0 spiro atoms. The number of hydrogen-bond acceptors (Lipinski definition) is 4. The van der Waals surface area contributed by atoms with Gasteiger partial charge < -0.3 is 20.3 Å². The molecule has 0 saturated carbocycles. The zero-order valence-electron chi connectivity index (χ0n) is 13.2. The highest BCUT2D eigenvalue weighted by Crippen LogP contribution is 2.16. The largest absolute Gasteiger partial charge is 0.376 e. The Labute approximate surface area is 136 Å². The van der Waals surface area contributed by atoms with Crippen LogP contribution in [0.2, 0.25) is 0 Å². The molecule has 1 aromatic rings. The number of benzene rings is 1. The number of carbonyl (C=O) groups is 2. The van der Waals surface area contributed by atoms with Gasteiger partial charge in [-0.05, 0) is 25.0 Å². The van der Waals surface area contributed by atoms with Gasteiger partial charge in [0.15, 0.2) is 0 Å². The Morgan fingerprint density at radius 1 is 1.35 bits per heavy atom. The fourth-order valence-corrected chi connectivity index (χ4v) is 3.09. The highest BCUT2D eigenvalue weighted by molar-refractivity contribution is 5.95. The Kier molecular flexibility index (Phi) is 5.25. The molecule has 2 atom stereocenters. The first-order valence-electron chi connectivity index (χ1n) is 8.21. The summed E-state index contributed by atoms with van der Waals surface area (Å²) >= 11 is 0. The number of carbonyl (C=O) groups excluding carboxylic acids is 2. The number of nitrogens with one attached hydrogen (secondary N) is 2. The van der Waals surface area contributed by atoms with Gasteiger partial charge in [-0.2, -0.15) is 0 Å². The number of amides is 2. The average molecular weight is 317 g/mol. The number of rotatable bonds is 5. The van der Waals surface area contributed by atoms with Crippen molar-refractivity contribution in [3.05, 3.63) is 30.3 Å². The quantitative estimate of drug-likeness (QED) is 0.850. The molecule has 2 unspecified atom stereocenters. The van der Waals surface area contributed by atoms with Crippen LogP contribution in [0.5, 0.6) is 0 Å². The van der Waals surface area contributed by atoms with Crippen molar-refractivity contribution in [1.29, 1.82) is 0 Å². The molecule has 2 amide bonds. The fraction of sp³-hybridized carbons (Fsp3) is 0.529. The summed E-state index contributed by atoms with van der Waals surface area (Å²) in [7, 11) is 0. The first-order valence-corrected chi connectivity index (χ1v) is 8.21. The lowest BCUT2D eigenvalue weighted by Crippen LogP contribution is -2.57. The third-order valence-electron chi connectivity index (χ3n) is 4.28. The number of ether oxygens (including phenoxy) is 1. The second kappa shape index (κ2) is 7.57. The molecule has 2 aliphatic heterocycles. The second-order valence-corrected chi connectivity index (χ2v) is 6.04. The summed E-state index contributed by atoms with van der Waals surface area (Å²) in [6.07, 6.45) is 2.37. The lowest BCUT2D eigenvalue weighted by Gasteiger charge is -2.34. The van der Waals surface area contributed by atoms with Gasteiger partial charge >= 0.3 is 0 Å². The SMILES string of the molecule is O=C(CC1NCCN(CC2CCCO2)C1=O)Nc1ccccc1. The van der Waals surface area contributed by atoms with E-state index in [2.05, 4.69) is 10.6 Å². The van der Waals surface area contributed by atoms with Crippen LogP contribution < -0.4 is 10.6 Å². The number of piperazine rings is 1. The molecule has 6 heteroatoms. The van der Waals surface area contributed by atoms with Gasteiger partial charge in [-0.1, -0.05) is 18.2 Å². The predicted molar refractivity (Wildman–Crippen MR) is 87.0 cm³/mol. The molecule has 0 bridgehead atoms. The molecule has 2 aliphatic rings. The molecule has 124 valence electrons. The minimum Gasteiger partial charge on any atom is -0.376 e. The molecular formula is C17H23N3O3. The van der Waals surface area contributed by atoms with Crippen molar-refractivity contribution in [2.75, 3.05) is 31.6 Å². The summed E-state index contributed by atoms with van der Waals surface area (Å²) in [6, 6.07) is 8.83.